The van der Waals surface area contributed by atoms with Crippen LogP contribution in [0.2, 0.25) is 0 Å². The lowest BCUT2D eigenvalue weighted by atomic mass is 10.2. The number of amides is 1. The Balaban J connectivity index is 1.60. The number of hydrogen-bond acceptors (Lipinski definition) is 4. The first-order valence-electron chi connectivity index (χ1n) is 8.42. The summed E-state index contributed by atoms with van der Waals surface area (Å²) in [6.07, 6.45) is 8.20. The number of benzene rings is 1. The third kappa shape index (κ3) is 3.30. The van der Waals surface area contributed by atoms with E-state index in [0.29, 0.717) is 5.56 Å². The molecule has 0 bridgehead atoms. The van der Waals surface area contributed by atoms with Crippen molar-refractivity contribution in [3.05, 3.63) is 66.4 Å². The summed E-state index contributed by atoms with van der Waals surface area (Å²) in [6, 6.07) is 11.4. The number of para-hydroxylation sites is 2. The molecule has 0 spiro atoms. The van der Waals surface area contributed by atoms with Crippen LogP contribution in [0.3, 0.4) is 0 Å². The Morgan fingerprint density at radius 3 is 3.04 bits per heavy atom. The van der Waals surface area contributed by atoms with Crippen molar-refractivity contribution < 1.29 is 4.79 Å². The summed E-state index contributed by atoms with van der Waals surface area (Å²) in [4.78, 5) is 25.0. The minimum Gasteiger partial charge on any atom is -0.342 e. The summed E-state index contributed by atoms with van der Waals surface area (Å²) >= 11 is 1.75. The van der Waals surface area contributed by atoms with Gasteiger partial charge in [-0.15, -0.1) is 0 Å². The highest BCUT2D eigenvalue weighted by Crippen LogP contribution is 2.20. The molecule has 0 aliphatic carbocycles. The number of aromatic nitrogens is 4. The first kappa shape index (κ1) is 16.7. The molecule has 1 aromatic carbocycles. The molecule has 0 fully saturated rings. The van der Waals surface area contributed by atoms with E-state index in [1.54, 1.807) is 30.2 Å². The minimum absolute atomic E-state index is 0.118. The number of aromatic amines is 1. The number of hydrogen-bond donors (Lipinski definition) is 2. The van der Waals surface area contributed by atoms with Gasteiger partial charge in [0.25, 0.3) is 5.91 Å². The molecule has 0 aliphatic heterocycles. The Morgan fingerprint density at radius 2 is 2.19 bits per heavy atom. The molecule has 0 saturated heterocycles. The summed E-state index contributed by atoms with van der Waals surface area (Å²) in [7, 11) is 0. The van der Waals surface area contributed by atoms with Crippen LogP contribution in [0.15, 0.2) is 55.0 Å². The number of imidazole rings is 2. The van der Waals surface area contributed by atoms with Gasteiger partial charge in [0.2, 0.25) is 0 Å². The molecule has 3 heterocycles. The number of nitrogens with one attached hydrogen (secondary N) is 2. The third-order valence-electron chi connectivity index (χ3n) is 4.30. The molecule has 4 rings (SSSR count). The number of fused-ring (bicyclic) bond motifs is 2. The van der Waals surface area contributed by atoms with Gasteiger partial charge in [-0.3, -0.25) is 4.79 Å². The van der Waals surface area contributed by atoms with Crippen molar-refractivity contribution in [1.82, 2.24) is 24.7 Å². The van der Waals surface area contributed by atoms with E-state index in [2.05, 4.69) is 26.5 Å². The van der Waals surface area contributed by atoms with Gasteiger partial charge in [-0.05, 0) is 42.7 Å². The third-order valence-corrected chi connectivity index (χ3v) is 4.95. The van der Waals surface area contributed by atoms with E-state index < -0.39 is 0 Å². The van der Waals surface area contributed by atoms with Crippen LogP contribution in [0.1, 0.15) is 28.6 Å². The summed E-state index contributed by atoms with van der Waals surface area (Å²) in [5.74, 6) is 1.60. The number of thioether (sulfide) groups is 1. The second kappa shape index (κ2) is 7.21. The zero-order valence-corrected chi connectivity index (χ0v) is 15.2. The second-order valence-corrected chi connectivity index (χ2v) is 7.04. The van der Waals surface area contributed by atoms with Crippen LogP contribution in [0.5, 0.6) is 0 Å². The van der Waals surface area contributed by atoms with E-state index in [4.69, 9.17) is 0 Å². The molecule has 2 N–H and O–H groups in total. The predicted octanol–water partition coefficient (Wildman–Crippen LogP) is 3.43. The van der Waals surface area contributed by atoms with Crippen LogP contribution >= 0.6 is 11.8 Å². The highest BCUT2D eigenvalue weighted by Gasteiger charge is 2.19. The molecule has 0 unspecified atom stereocenters. The van der Waals surface area contributed by atoms with E-state index in [9.17, 15) is 4.79 Å². The molecule has 1 atom stereocenters. The summed E-state index contributed by atoms with van der Waals surface area (Å²) in [6.45, 7) is 0. The Morgan fingerprint density at radius 1 is 1.31 bits per heavy atom. The number of nitrogens with zero attached hydrogens (tertiary/aromatic N) is 3. The standard InChI is InChI=1S/C19H19N5OS/c1-26-11-8-16(18-21-14-4-2-3-5-15(14)22-18)23-19(25)13-6-7-17-20-9-10-24(17)12-13/h2-7,9-10,12,16H,8,11H2,1H3,(H,21,22)(H,23,25)/t16-/m0/s1. The van der Waals surface area contributed by atoms with E-state index >= 15 is 0 Å². The summed E-state index contributed by atoms with van der Waals surface area (Å²) in [5, 5.41) is 3.12. The lowest BCUT2D eigenvalue weighted by Crippen LogP contribution is -2.30. The van der Waals surface area contributed by atoms with Gasteiger partial charge >= 0.3 is 0 Å². The number of rotatable bonds is 6. The average Bonchev–Trinajstić information content (AvgIpc) is 3.30. The first-order valence-corrected chi connectivity index (χ1v) is 9.81. The molecule has 0 saturated carbocycles. The molecule has 7 heteroatoms. The molecule has 1 amide bonds. The van der Waals surface area contributed by atoms with Crippen molar-refractivity contribution >= 4 is 34.3 Å². The highest BCUT2D eigenvalue weighted by molar-refractivity contribution is 7.98. The van der Waals surface area contributed by atoms with Crippen LogP contribution < -0.4 is 5.32 Å². The van der Waals surface area contributed by atoms with Gasteiger partial charge < -0.3 is 14.7 Å². The van der Waals surface area contributed by atoms with Gasteiger partial charge in [-0.2, -0.15) is 11.8 Å². The second-order valence-electron chi connectivity index (χ2n) is 6.06. The zero-order valence-electron chi connectivity index (χ0n) is 14.3. The maximum absolute atomic E-state index is 12.8. The summed E-state index contributed by atoms with van der Waals surface area (Å²) in [5.41, 5.74) is 3.30. The topological polar surface area (TPSA) is 75.1 Å². The van der Waals surface area contributed by atoms with Crippen molar-refractivity contribution in [2.24, 2.45) is 0 Å². The molecule has 26 heavy (non-hydrogen) atoms. The maximum Gasteiger partial charge on any atom is 0.253 e. The summed E-state index contributed by atoms with van der Waals surface area (Å²) < 4.78 is 1.84. The van der Waals surface area contributed by atoms with Crippen LogP contribution in [0.25, 0.3) is 16.7 Å². The van der Waals surface area contributed by atoms with E-state index in [0.717, 1.165) is 34.7 Å². The molecular formula is C19H19N5OS. The highest BCUT2D eigenvalue weighted by atomic mass is 32.2. The van der Waals surface area contributed by atoms with E-state index in [1.165, 1.54) is 0 Å². The van der Waals surface area contributed by atoms with E-state index in [1.807, 2.05) is 40.9 Å². The smallest absolute Gasteiger partial charge is 0.253 e. The number of carbonyl (C=O) groups is 1. The van der Waals surface area contributed by atoms with Crippen molar-refractivity contribution in [3.8, 4) is 0 Å². The SMILES string of the molecule is CSCC[C@H](NC(=O)c1ccc2nccn2c1)c1nc2ccccc2[nH]1. The maximum atomic E-state index is 12.8. The number of carbonyl (C=O) groups excluding carboxylic acids is 1. The van der Waals surface area contributed by atoms with Gasteiger partial charge in [0.05, 0.1) is 22.6 Å². The lowest BCUT2D eigenvalue weighted by Gasteiger charge is -2.16. The lowest BCUT2D eigenvalue weighted by molar-refractivity contribution is 0.0933. The Labute approximate surface area is 155 Å². The van der Waals surface area contributed by atoms with Crippen LogP contribution in [0.4, 0.5) is 0 Å². The van der Waals surface area contributed by atoms with Gasteiger partial charge in [-0.25, -0.2) is 9.97 Å². The van der Waals surface area contributed by atoms with Gasteiger partial charge in [0, 0.05) is 18.6 Å². The molecule has 3 aromatic heterocycles. The Kier molecular flexibility index (Phi) is 4.62. The minimum atomic E-state index is -0.166. The monoisotopic (exact) mass is 365 g/mol. The van der Waals surface area contributed by atoms with E-state index in [-0.39, 0.29) is 11.9 Å². The van der Waals surface area contributed by atoms with Crippen LogP contribution in [0, 0.1) is 0 Å². The average molecular weight is 365 g/mol. The molecule has 6 nitrogen and oxygen atoms in total. The molecule has 4 aromatic rings. The van der Waals surface area contributed by atoms with Crippen molar-refractivity contribution in [1.29, 1.82) is 0 Å². The van der Waals surface area contributed by atoms with Gasteiger partial charge in [-0.1, -0.05) is 12.1 Å². The predicted molar refractivity (Wildman–Crippen MR) is 104 cm³/mol. The Bertz CT molecular complexity index is 1020. The normalized spacial score (nSPS) is 12.5. The fourth-order valence-electron chi connectivity index (χ4n) is 2.95. The van der Waals surface area contributed by atoms with Gasteiger partial charge in [0.15, 0.2) is 0 Å². The number of H-pyrrole nitrogens is 1. The van der Waals surface area contributed by atoms with Crippen molar-refractivity contribution in [2.75, 3.05) is 12.0 Å². The fourth-order valence-corrected chi connectivity index (χ4v) is 3.42. The quantitative estimate of drug-likeness (QED) is 0.549. The molecule has 0 aliphatic rings. The van der Waals surface area contributed by atoms with Gasteiger partial charge in [0.1, 0.15) is 11.5 Å². The first-order chi connectivity index (χ1) is 12.7. The van der Waals surface area contributed by atoms with Crippen molar-refractivity contribution in [3.63, 3.8) is 0 Å². The zero-order chi connectivity index (χ0) is 17.9. The van der Waals surface area contributed by atoms with Crippen LogP contribution in [-0.2, 0) is 0 Å². The van der Waals surface area contributed by atoms with Crippen molar-refractivity contribution in [2.45, 2.75) is 12.5 Å². The van der Waals surface area contributed by atoms with Crippen LogP contribution in [-0.4, -0.2) is 37.3 Å². The Hall–Kier alpha value is -2.80. The number of pyridine rings is 1. The molecule has 132 valence electrons. The molecule has 0 radical (unpaired) electrons. The fraction of sp³-hybridized carbons (Fsp3) is 0.211. The largest absolute Gasteiger partial charge is 0.342 e. The molecular weight excluding hydrogens is 346 g/mol.